The Kier molecular flexibility index (Phi) is 5.63. The second-order valence-electron chi connectivity index (χ2n) is 2.80. The van der Waals surface area contributed by atoms with E-state index in [0.717, 1.165) is 0 Å². The van der Waals surface area contributed by atoms with Crippen LogP contribution in [0.2, 0.25) is 0 Å². The molecule has 0 aliphatic carbocycles. The number of hydrogen-bond donors (Lipinski definition) is 0. The zero-order chi connectivity index (χ0) is 8.69. The van der Waals surface area contributed by atoms with Crippen molar-refractivity contribution in [3.8, 4) is 0 Å². The van der Waals surface area contributed by atoms with Gasteiger partial charge in [-0.3, -0.25) is 0 Å². The summed E-state index contributed by atoms with van der Waals surface area (Å²) in [5.41, 5.74) is 1.28. The SMILES string of the molecule is C/C=C(\C=C/CCC)N(C)C. The van der Waals surface area contributed by atoms with Crippen LogP contribution in [-0.4, -0.2) is 19.0 Å². The molecule has 0 rings (SSSR count). The van der Waals surface area contributed by atoms with Crippen LogP contribution in [0, 0.1) is 0 Å². The van der Waals surface area contributed by atoms with Gasteiger partial charge in [0.1, 0.15) is 0 Å². The second-order valence-corrected chi connectivity index (χ2v) is 2.80. The van der Waals surface area contributed by atoms with E-state index in [1.54, 1.807) is 0 Å². The molecule has 0 unspecified atom stereocenters. The van der Waals surface area contributed by atoms with Gasteiger partial charge in [0.2, 0.25) is 0 Å². The second kappa shape index (κ2) is 6.02. The highest BCUT2D eigenvalue weighted by atomic mass is 15.1. The van der Waals surface area contributed by atoms with E-state index in [0.29, 0.717) is 0 Å². The van der Waals surface area contributed by atoms with Crippen LogP contribution in [0.4, 0.5) is 0 Å². The van der Waals surface area contributed by atoms with Gasteiger partial charge < -0.3 is 4.90 Å². The predicted octanol–water partition coefficient (Wildman–Crippen LogP) is 2.81. The smallest absolute Gasteiger partial charge is 0.0314 e. The summed E-state index contributed by atoms with van der Waals surface area (Å²) in [5.74, 6) is 0. The first-order valence-electron chi connectivity index (χ1n) is 4.22. The first-order chi connectivity index (χ1) is 5.22. The van der Waals surface area contributed by atoms with Gasteiger partial charge in [0.25, 0.3) is 0 Å². The number of allylic oxidation sites excluding steroid dienone is 3. The lowest BCUT2D eigenvalue weighted by Gasteiger charge is -2.12. The Morgan fingerprint density at radius 3 is 2.36 bits per heavy atom. The molecule has 0 saturated heterocycles. The molecule has 0 aromatic carbocycles. The highest BCUT2D eigenvalue weighted by molar-refractivity contribution is 5.15. The summed E-state index contributed by atoms with van der Waals surface area (Å²) >= 11 is 0. The third-order valence-corrected chi connectivity index (χ3v) is 1.56. The highest BCUT2D eigenvalue weighted by Gasteiger charge is 1.89. The Balaban J connectivity index is 3.89. The van der Waals surface area contributed by atoms with Crippen LogP contribution in [0.15, 0.2) is 23.9 Å². The van der Waals surface area contributed by atoms with E-state index in [9.17, 15) is 0 Å². The zero-order valence-corrected chi connectivity index (χ0v) is 8.09. The third kappa shape index (κ3) is 4.65. The third-order valence-electron chi connectivity index (χ3n) is 1.56. The van der Waals surface area contributed by atoms with E-state index in [1.807, 2.05) is 0 Å². The first-order valence-corrected chi connectivity index (χ1v) is 4.22. The maximum atomic E-state index is 2.22. The molecule has 0 aliphatic rings. The molecule has 11 heavy (non-hydrogen) atoms. The summed E-state index contributed by atoms with van der Waals surface area (Å²) in [6, 6.07) is 0. The standard InChI is InChI=1S/C10H19N/c1-5-7-8-9-10(6-2)11(3)4/h6,8-9H,5,7H2,1-4H3/b9-8-,10-6+. The van der Waals surface area contributed by atoms with Crippen molar-refractivity contribution in [2.24, 2.45) is 0 Å². The summed E-state index contributed by atoms with van der Waals surface area (Å²) in [5, 5.41) is 0. The van der Waals surface area contributed by atoms with Crippen LogP contribution >= 0.6 is 0 Å². The Morgan fingerprint density at radius 2 is 2.00 bits per heavy atom. The normalized spacial score (nSPS) is 12.5. The van der Waals surface area contributed by atoms with Gasteiger partial charge in [0, 0.05) is 19.8 Å². The summed E-state index contributed by atoms with van der Waals surface area (Å²) in [6.45, 7) is 4.25. The molecule has 0 aliphatic heterocycles. The van der Waals surface area contributed by atoms with Gasteiger partial charge in [-0.15, -0.1) is 0 Å². The maximum Gasteiger partial charge on any atom is 0.0314 e. The maximum absolute atomic E-state index is 2.22. The van der Waals surface area contributed by atoms with Gasteiger partial charge in [0.15, 0.2) is 0 Å². The monoisotopic (exact) mass is 153 g/mol. The van der Waals surface area contributed by atoms with Crippen molar-refractivity contribution < 1.29 is 0 Å². The average molecular weight is 153 g/mol. The van der Waals surface area contributed by atoms with Crippen LogP contribution < -0.4 is 0 Å². The fourth-order valence-electron chi connectivity index (χ4n) is 0.874. The summed E-state index contributed by atoms with van der Waals surface area (Å²) in [7, 11) is 4.12. The van der Waals surface area contributed by atoms with Gasteiger partial charge in [-0.2, -0.15) is 0 Å². The van der Waals surface area contributed by atoms with E-state index < -0.39 is 0 Å². The van der Waals surface area contributed by atoms with E-state index in [-0.39, 0.29) is 0 Å². The number of nitrogens with zero attached hydrogens (tertiary/aromatic N) is 1. The van der Waals surface area contributed by atoms with E-state index in [4.69, 9.17) is 0 Å². The predicted molar refractivity (Wildman–Crippen MR) is 51.5 cm³/mol. The lowest BCUT2D eigenvalue weighted by Crippen LogP contribution is -2.08. The summed E-state index contributed by atoms with van der Waals surface area (Å²) < 4.78 is 0. The lowest BCUT2D eigenvalue weighted by molar-refractivity contribution is 0.528. The molecule has 0 spiro atoms. The largest absolute Gasteiger partial charge is 0.378 e. The van der Waals surface area contributed by atoms with E-state index in [1.165, 1.54) is 18.5 Å². The molecule has 1 heteroatoms. The van der Waals surface area contributed by atoms with Crippen molar-refractivity contribution in [3.63, 3.8) is 0 Å². The van der Waals surface area contributed by atoms with Crippen molar-refractivity contribution >= 4 is 0 Å². The van der Waals surface area contributed by atoms with Crippen molar-refractivity contribution in [1.82, 2.24) is 4.90 Å². The number of rotatable bonds is 4. The van der Waals surface area contributed by atoms with Crippen molar-refractivity contribution in [2.75, 3.05) is 14.1 Å². The molecule has 64 valence electrons. The molecular formula is C10H19N. The minimum atomic E-state index is 1.17. The minimum Gasteiger partial charge on any atom is -0.378 e. The summed E-state index contributed by atoms with van der Waals surface area (Å²) in [6.07, 6.45) is 8.90. The quantitative estimate of drug-likeness (QED) is 0.561. The number of hydrogen-bond acceptors (Lipinski definition) is 1. The van der Waals surface area contributed by atoms with Gasteiger partial charge >= 0.3 is 0 Å². The molecular weight excluding hydrogens is 134 g/mol. The molecule has 0 fully saturated rings. The van der Waals surface area contributed by atoms with Crippen molar-refractivity contribution in [2.45, 2.75) is 26.7 Å². The minimum absolute atomic E-state index is 1.17. The lowest BCUT2D eigenvalue weighted by atomic mass is 10.2. The van der Waals surface area contributed by atoms with Crippen LogP contribution in [0.3, 0.4) is 0 Å². The molecule has 0 heterocycles. The van der Waals surface area contributed by atoms with Gasteiger partial charge in [-0.05, 0) is 19.4 Å². The molecule has 0 aromatic heterocycles. The molecule has 1 nitrogen and oxygen atoms in total. The van der Waals surface area contributed by atoms with Crippen molar-refractivity contribution in [3.05, 3.63) is 23.9 Å². The summed E-state index contributed by atoms with van der Waals surface area (Å²) in [4.78, 5) is 2.12. The van der Waals surface area contributed by atoms with Crippen molar-refractivity contribution in [1.29, 1.82) is 0 Å². The Morgan fingerprint density at radius 1 is 1.36 bits per heavy atom. The number of likely N-dealkylation sites (N-methyl/N-ethyl adjacent to an activating group) is 1. The molecule has 0 radical (unpaired) electrons. The Bertz CT molecular complexity index is 143. The van der Waals surface area contributed by atoms with Crippen LogP contribution in [0.5, 0.6) is 0 Å². The Hall–Kier alpha value is -0.720. The number of unbranched alkanes of at least 4 members (excludes halogenated alkanes) is 1. The molecule has 0 bridgehead atoms. The molecule has 0 aromatic rings. The molecule has 0 saturated carbocycles. The van der Waals surface area contributed by atoms with Crippen LogP contribution in [0.1, 0.15) is 26.7 Å². The van der Waals surface area contributed by atoms with E-state index >= 15 is 0 Å². The highest BCUT2D eigenvalue weighted by Crippen LogP contribution is 2.01. The zero-order valence-electron chi connectivity index (χ0n) is 8.09. The van der Waals surface area contributed by atoms with Gasteiger partial charge in [0.05, 0.1) is 0 Å². The fourth-order valence-corrected chi connectivity index (χ4v) is 0.874. The topological polar surface area (TPSA) is 3.24 Å². The van der Waals surface area contributed by atoms with Crippen LogP contribution in [0.25, 0.3) is 0 Å². The van der Waals surface area contributed by atoms with Gasteiger partial charge in [-0.1, -0.05) is 25.5 Å². The van der Waals surface area contributed by atoms with Gasteiger partial charge in [-0.25, -0.2) is 0 Å². The Labute approximate surface area is 70.4 Å². The molecule has 0 atom stereocenters. The fraction of sp³-hybridized carbons (Fsp3) is 0.600. The molecule has 0 amide bonds. The first kappa shape index (κ1) is 10.3. The average Bonchev–Trinajstić information content (AvgIpc) is 1.97. The van der Waals surface area contributed by atoms with Crippen LogP contribution in [-0.2, 0) is 0 Å². The molecule has 0 N–H and O–H groups in total. The van der Waals surface area contributed by atoms with E-state index in [2.05, 4.69) is 51.1 Å².